The molecule has 3 aromatic rings. The first-order valence-electron chi connectivity index (χ1n) is 6.51. The van der Waals surface area contributed by atoms with Gasteiger partial charge in [-0.25, -0.2) is 0 Å². The fourth-order valence-corrected chi connectivity index (χ4v) is 2.30. The minimum absolute atomic E-state index is 0.0514. The number of aromatic nitrogens is 2. The molecule has 0 bridgehead atoms. The number of esters is 1. The molecule has 0 saturated heterocycles. The molecule has 0 radical (unpaired) electrons. The average molecular weight is 282 g/mol. The lowest BCUT2D eigenvalue weighted by Crippen LogP contribution is -2.12. The van der Waals surface area contributed by atoms with Crippen LogP contribution in [0.15, 0.2) is 48.5 Å². The van der Waals surface area contributed by atoms with Crippen LogP contribution in [0, 0.1) is 0 Å². The van der Waals surface area contributed by atoms with Gasteiger partial charge in [0.05, 0.1) is 12.6 Å². The number of hydrogen-bond acceptors (Lipinski definition) is 4. The van der Waals surface area contributed by atoms with Crippen molar-refractivity contribution in [2.45, 2.75) is 6.54 Å². The van der Waals surface area contributed by atoms with E-state index in [4.69, 9.17) is 4.74 Å². The van der Waals surface area contributed by atoms with Crippen LogP contribution in [0.3, 0.4) is 0 Å². The van der Waals surface area contributed by atoms with Crippen molar-refractivity contribution in [3.8, 4) is 17.0 Å². The van der Waals surface area contributed by atoms with E-state index in [0.717, 1.165) is 22.2 Å². The maximum atomic E-state index is 11.5. The molecule has 21 heavy (non-hydrogen) atoms. The third-order valence-corrected chi connectivity index (χ3v) is 3.28. The first-order valence-corrected chi connectivity index (χ1v) is 6.51. The number of carbonyl (C=O) groups is 1. The number of aromatic hydroxyl groups is 1. The summed E-state index contributed by atoms with van der Waals surface area (Å²) in [6.07, 6.45) is 0. The van der Waals surface area contributed by atoms with Gasteiger partial charge in [-0.15, -0.1) is 0 Å². The normalized spacial score (nSPS) is 10.7. The number of benzene rings is 2. The second-order valence-corrected chi connectivity index (χ2v) is 4.65. The van der Waals surface area contributed by atoms with E-state index in [1.807, 2.05) is 30.3 Å². The number of fused-ring (bicyclic) bond motifs is 1. The van der Waals surface area contributed by atoms with Gasteiger partial charge in [-0.05, 0) is 18.2 Å². The molecule has 1 N–H and O–H groups in total. The molecule has 0 aliphatic heterocycles. The molecule has 5 heteroatoms. The standard InChI is InChI=1S/C16H14N2O3/c1-21-15(20)10-18-14-8-3-2-7-13(14)16(17-18)11-5-4-6-12(19)9-11/h2-9,19H,10H2,1H3. The van der Waals surface area contributed by atoms with Gasteiger partial charge in [0, 0.05) is 10.9 Å². The minimum Gasteiger partial charge on any atom is -0.508 e. The van der Waals surface area contributed by atoms with Crippen LogP contribution in [0.25, 0.3) is 22.2 Å². The van der Waals surface area contributed by atoms with Gasteiger partial charge < -0.3 is 9.84 Å². The van der Waals surface area contributed by atoms with Gasteiger partial charge in [-0.1, -0.05) is 30.3 Å². The Morgan fingerprint density at radius 2 is 2.05 bits per heavy atom. The van der Waals surface area contributed by atoms with Crippen LogP contribution in [0.4, 0.5) is 0 Å². The van der Waals surface area contributed by atoms with E-state index in [-0.39, 0.29) is 18.3 Å². The Morgan fingerprint density at radius 3 is 2.81 bits per heavy atom. The van der Waals surface area contributed by atoms with Gasteiger partial charge in [0.2, 0.25) is 0 Å². The monoisotopic (exact) mass is 282 g/mol. The van der Waals surface area contributed by atoms with Crippen molar-refractivity contribution in [2.24, 2.45) is 0 Å². The van der Waals surface area contributed by atoms with Crippen LogP contribution < -0.4 is 0 Å². The molecule has 0 unspecified atom stereocenters. The minimum atomic E-state index is -0.356. The van der Waals surface area contributed by atoms with Gasteiger partial charge in [-0.2, -0.15) is 5.10 Å². The zero-order valence-electron chi connectivity index (χ0n) is 11.5. The van der Waals surface area contributed by atoms with E-state index < -0.39 is 0 Å². The molecule has 1 aromatic heterocycles. The molecule has 1 heterocycles. The van der Waals surface area contributed by atoms with Crippen LogP contribution in [0.2, 0.25) is 0 Å². The van der Waals surface area contributed by atoms with Crippen LogP contribution in [0.1, 0.15) is 0 Å². The molecule has 106 valence electrons. The van der Waals surface area contributed by atoms with Crippen molar-refractivity contribution < 1.29 is 14.6 Å². The predicted octanol–water partition coefficient (Wildman–Crippen LogP) is 2.58. The second kappa shape index (κ2) is 5.28. The first kappa shape index (κ1) is 13.2. The van der Waals surface area contributed by atoms with E-state index in [9.17, 15) is 9.90 Å². The fraction of sp³-hybridized carbons (Fsp3) is 0.125. The third-order valence-electron chi connectivity index (χ3n) is 3.28. The summed E-state index contributed by atoms with van der Waals surface area (Å²) in [5, 5.41) is 15.0. The lowest BCUT2D eigenvalue weighted by Gasteiger charge is -2.01. The molecule has 2 aromatic carbocycles. The van der Waals surface area contributed by atoms with Crippen molar-refractivity contribution in [1.29, 1.82) is 0 Å². The van der Waals surface area contributed by atoms with Crippen molar-refractivity contribution in [2.75, 3.05) is 7.11 Å². The molecule has 3 rings (SSSR count). The van der Waals surface area contributed by atoms with Crippen LogP contribution in [0.5, 0.6) is 5.75 Å². The summed E-state index contributed by atoms with van der Waals surface area (Å²) in [6.45, 7) is 0.0514. The zero-order chi connectivity index (χ0) is 14.8. The van der Waals surface area contributed by atoms with Crippen LogP contribution in [-0.2, 0) is 16.1 Å². The Balaban J connectivity index is 2.17. The summed E-state index contributed by atoms with van der Waals surface area (Å²) >= 11 is 0. The highest BCUT2D eigenvalue weighted by molar-refractivity contribution is 5.94. The molecule has 0 spiro atoms. The van der Waals surface area contributed by atoms with E-state index in [1.165, 1.54) is 7.11 Å². The summed E-state index contributed by atoms with van der Waals surface area (Å²) in [6, 6.07) is 14.5. The maximum Gasteiger partial charge on any atom is 0.327 e. The smallest absolute Gasteiger partial charge is 0.327 e. The Bertz CT molecular complexity index is 808. The van der Waals surface area contributed by atoms with Crippen LogP contribution >= 0.6 is 0 Å². The Kier molecular flexibility index (Phi) is 3.31. The van der Waals surface area contributed by atoms with Gasteiger partial charge in [0.25, 0.3) is 0 Å². The maximum absolute atomic E-state index is 11.5. The lowest BCUT2D eigenvalue weighted by molar-refractivity contribution is -0.141. The number of hydrogen-bond donors (Lipinski definition) is 1. The SMILES string of the molecule is COC(=O)Cn1nc(-c2cccc(O)c2)c2ccccc21. The van der Waals surface area contributed by atoms with Crippen molar-refractivity contribution in [3.63, 3.8) is 0 Å². The quantitative estimate of drug-likeness (QED) is 0.750. The number of phenolic OH excluding ortho intramolecular Hbond substituents is 1. The molecule has 0 amide bonds. The highest BCUT2D eigenvalue weighted by Crippen LogP contribution is 2.29. The molecule has 5 nitrogen and oxygen atoms in total. The fourth-order valence-electron chi connectivity index (χ4n) is 2.30. The van der Waals surface area contributed by atoms with Gasteiger partial charge in [-0.3, -0.25) is 9.48 Å². The molecule has 0 aliphatic carbocycles. The molecule has 0 fully saturated rings. The van der Waals surface area contributed by atoms with Crippen molar-refractivity contribution in [3.05, 3.63) is 48.5 Å². The molecular formula is C16H14N2O3. The summed E-state index contributed by atoms with van der Waals surface area (Å²) in [5.41, 5.74) is 2.38. The largest absolute Gasteiger partial charge is 0.508 e. The second-order valence-electron chi connectivity index (χ2n) is 4.65. The number of para-hydroxylation sites is 1. The van der Waals surface area contributed by atoms with E-state index in [0.29, 0.717) is 0 Å². The number of methoxy groups -OCH3 is 1. The summed E-state index contributed by atoms with van der Waals surface area (Å²) < 4.78 is 6.31. The Morgan fingerprint density at radius 1 is 1.24 bits per heavy atom. The molecule has 0 atom stereocenters. The molecule has 0 aliphatic rings. The summed E-state index contributed by atoms with van der Waals surface area (Å²) in [7, 11) is 1.35. The van der Waals surface area contributed by atoms with Crippen molar-refractivity contribution >= 4 is 16.9 Å². The summed E-state index contributed by atoms with van der Waals surface area (Å²) in [5.74, 6) is -0.176. The van der Waals surface area contributed by atoms with E-state index in [1.54, 1.807) is 22.9 Å². The first-order chi connectivity index (χ1) is 10.2. The number of ether oxygens (including phenoxy) is 1. The van der Waals surface area contributed by atoms with Crippen molar-refractivity contribution in [1.82, 2.24) is 9.78 Å². The number of phenols is 1. The predicted molar refractivity (Wildman–Crippen MR) is 78.8 cm³/mol. The highest BCUT2D eigenvalue weighted by atomic mass is 16.5. The van der Waals surface area contributed by atoms with Crippen LogP contribution in [-0.4, -0.2) is 28.0 Å². The Hall–Kier alpha value is -2.82. The van der Waals surface area contributed by atoms with E-state index in [2.05, 4.69) is 5.10 Å². The highest BCUT2D eigenvalue weighted by Gasteiger charge is 2.14. The summed E-state index contributed by atoms with van der Waals surface area (Å²) in [4.78, 5) is 11.5. The average Bonchev–Trinajstić information content (AvgIpc) is 2.86. The number of rotatable bonds is 3. The number of carbonyl (C=O) groups excluding carboxylic acids is 1. The zero-order valence-corrected chi connectivity index (χ0v) is 11.5. The third kappa shape index (κ3) is 2.45. The lowest BCUT2D eigenvalue weighted by atomic mass is 10.1. The molecule has 0 saturated carbocycles. The molecular weight excluding hydrogens is 268 g/mol. The number of nitrogens with zero attached hydrogens (tertiary/aromatic N) is 2. The van der Waals surface area contributed by atoms with Gasteiger partial charge >= 0.3 is 5.97 Å². The van der Waals surface area contributed by atoms with E-state index >= 15 is 0 Å². The Labute approximate surface area is 121 Å². The van der Waals surface area contributed by atoms with Gasteiger partial charge in [0.1, 0.15) is 18.0 Å². The topological polar surface area (TPSA) is 64.4 Å². The van der Waals surface area contributed by atoms with Gasteiger partial charge in [0.15, 0.2) is 0 Å².